The van der Waals surface area contributed by atoms with Gasteiger partial charge in [0.15, 0.2) is 0 Å². The smallest absolute Gasteiger partial charge is 0.319 e. The molecule has 17 heavy (non-hydrogen) atoms. The van der Waals surface area contributed by atoms with Crippen molar-refractivity contribution in [1.29, 1.82) is 0 Å². The normalized spacial score (nSPS) is 12.4. The summed E-state index contributed by atoms with van der Waals surface area (Å²) in [7, 11) is 0. The zero-order chi connectivity index (χ0) is 13.0. The van der Waals surface area contributed by atoms with Crippen LogP contribution in [0.1, 0.15) is 20.8 Å². The van der Waals surface area contributed by atoms with Gasteiger partial charge in [0.25, 0.3) is 0 Å². The minimum Gasteiger partial charge on any atom is -0.335 e. The topological polar surface area (TPSA) is 41.1 Å². The summed E-state index contributed by atoms with van der Waals surface area (Å²) in [5.41, 5.74) is 0.618. The number of carbonyl (C=O) groups is 1. The zero-order valence-corrected chi connectivity index (χ0v) is 11.6. The summed E-state index contributed by atoms with van der Waals surface area (Å²) in [6.45, 7) is 6.05. The van der Waals surface area contributed by atoms with E-state index in [1.165, 1.54) is 0 Å². The molecule has 0 fully saturated rings. The molecule has 1 aromatic rings. The highest BCUT2D eigenvalue weighted by Crippen LogP contribution is 2.24. The summed E-state index contributed by atoms with van der Waals surface area (Å²) in [5, 5.41) is 6.42. The maximum absolute atomic E-state index is 11.6. The van der Waals surface area contributed by atoms with Crippen LogP contribution >= 0.6 is 23.2 Å². The molecule has 0 spiro atoms. The van der Waals surface area contributed by atoms with Crippen LogP contribution in [0.25, 0.3) is 0 Å². The van der Waals surface area contributed by atoms with Crippen molar-refractivity contribution in [2.45, 2.75) is 26.8 Å². The van der Waals surface area contributed by atoms with Gasteiger partial charge in [-0.3, -0.25) is 0 Å². The average molecular weight is 275 g/mol. The number of anilines is 1. The van der Waals surface area contributed by atoms with Crippen LogP contribution in [-0.4, -0.2) is 12.1 Å². The lowest BCUT2D eigenvalue weighted by molar-refractivity contribution is 0.246. The van der Waals surface area contributed by atoms with E-state index in [1.807, 2.05) is 20.8 Å². The van der Waals surface area contributed by atoms with Gasteiger partial charge < -0.3 is 10.6 Å². The van der Waals surface area contributed by atoms with Gasteiger partial charge in [-0.05, 0) is 31.0 Å². The molecule has 0 heterocycles. The molecule has 0 aliphatic rings. The third-order valence-corrected chi connectivity index (χ3v) is 3.28. The molecular weight excluding hydrogens is 259 g/mol. The first-order valence-corrected chi connectivity index (χ1v) is 6.18. The Morgan fingerprint density at radius 2 is 1.82 bits per heavy atom. The number of urea groups is 1. The highest BCUT2D eigenvalue weighted by atomic mass is 35.5. The molecule has 0 bridgehead atoms. The Bertz CT molecular complexity index is 407. The second-order valence-corrected chi connectivity index (χ2v) is 5.07. The summed E-state index contributed by atoms with van der Waals surface area (Å²) in [6, 6.07) is 4.82. The van der Waals surface area contributed by atoms with E-state index in [0.29, 0.717) is 21.7 Å². The fourth-order valence-corrected chi connectivity index (χ4v) is 1.41. The first kappa shape index (κ1) is 14.1. The molecule has 1 rings (SSSR count). The van der Waals surface area contributed by atoms with E-state index in [9.17, 15) is 4.79 Å². The number of rotatable bonds is 3. The third kappa shape index (κ3) is 4.44. The van der Waals surface area contributed by atoms with Crippen molar-refractivity contribution < 1.29 is 4.79 Å². The Morgan fingerprint density at radius 3 is 2.35 bits per heavy atom. The molecule has 2 N–H and O–H groups in total. The lowest BCUT2D eigenvalue weighted by Crippen LogP contribution is -2.38. The second kappa shape index (κ2) is 6.12. The van der Waals surface area contributed by atoms with Crippen LogP contribution in [0.2, 0.25) is 10.0 Å². The van der Waals surface area contributed by atoms with Gasteiger partial charge in [0.1, 0.15) is 0 Å². The highest BCUT2D eigenvalue weighted by molar-refractivity contribution is 6.42. The van der Waals surface area contributed by atoms with Crippen molar-refractivity contribution in [2.75, 3.05) is 5.32 Å². The molecule has 0 aliphatic heterocycles. The molecule has 5 heteroatoms. The van der Waals surface area contributed by atoms with E-state index in [4.69, 9.17) is 23.2 Å². The van der Waals surface area contributed by atoms with E-state index < -0.39 is 0 Å². The minimum absolute atomic E-state index is 0.109. The van der Waals surface area contributed by atoms with Gasteiger partial charge in [-0.2, -0.15) is 0 Å². The Morgan fingerprint density at radius 1 is 1.18 bits per heavy atom. The van der Waals surface area contributed by atoms with Crippen molar-refractivity contribution in [1.82, 2.24) is 5.32 Å². The van der Waals surface area contributed by atoms with Gasteiger partial charge in [0, 0.05) is 11.7 Å². The Kier molecular flexibility index (Phi) is 5.09. The van der Waals surface area contributed by atoms with Gasteiger partial charge in [-0.1, -0.05) is 37.0 Å². The van der Waals surface area contributed by atoms with E-state index >= 15 is 0 Å². The van der Waals surface area contributed by atoms with Crippen molar-refractivity contribution in [2.24, 2.45) is 5.92 Å². The Balaban J connectivity index is 2.59. The van der Waals surface area contributed by atoms with Gasteiger partial charge in [-0.15, -0.1) is 0 Å². The molecule has 2 amide bonds. The predicted octanol–water partition coefficient (Wildman–Crippen LogP) is 4.16. The van der Waals surface area contributed by atoms with Crippen LogP contribution < -0.4 is 10.6 Å². The summed E-state index contributed by atoms with van der Waals surface area (Å²) < 4.78 is 0. The van der Waals surface area contributed by atoms with Gasteiger partial charge in [-0.25, -0.2) is 4.79 Å². The SMILES string of the molecule is CC(C)[C@H](C)NC(=O)Nc1ccc(Cl)c(Cl)c1. The number of halogens is 2. The summed E-state index contributed by atoms with van der Waals surface area (Å²) in [5.74, 6) is 0.384. The lowest BCUT2D eigenvalue weighted by Gasteiger charge is -2.17. The molecule has 1 aromatic carbocycles. The molecule has 3 nitrogen and oxygen atoms in total. The van der Waals surface area contributed by atoms with E-state index in [1.54, 1.807) is 18.2 Å². The highest BCUT2D eigenvalue weighted by Gasteiger charge is 2.10. The summed E-state index contributed by atoms with van der Waals surface area (Å²) in [4.78, 5) is 11.6. The number of hydrogen-bond donors (Lipinski definition) is 2. The molecule has 0 saturated carbocycles. The number of carbonyl (C=O) groups excluding carboxylic acids is 1. The molecule has 0 aromatic heterocycles. The fraction of sp³-hybridized carbons (Fsp3) is 0.417. The standard InChI is InChI=1S/C12H16Cl2N2O/c1-7(2)8(3)15-12(17)16-9-4-5-10(13)11(14)6-9/h4-8H,1-3H3,(H2,15,16,17)/t8-/m0/s1. The Labute approximate surface area is 111 Å². The molecule has 0 unspecified atom stereocenters. The molecule has 94 valence electrons. The maximum atomic E-state index is 11.6. The van der Waals surface area contributed by atoms with Crippen LogP contribution in [0.4, 0.5) is 10.5 Å². The van der Waals surface area contributed by atoms with Crippen molar-refractivity contribution in [3.63, 3.8) is 0 Å². The lowest BCUT2D eigenvalue weighted by atomic mass is 10.1. The fourth-order valence-electron chi connectivity index (χ4n) is 1.11. The predicted molar refractivity (Wildman–Crippen MR) is 72.9 cm³/mol. The average Bonchev–Trinajstić information content (AvgIpc) is 2.23. The molecule has 0 saturated heterocycles. The number of nitrogens with one attached hydrogen (secondary N) is 2. The van der Waals surface area contributed by atoms with E-state index in [0.717, 1.165) is 0 Å². The Hall–Kier alpha value is -0.930. The minimum atomic E-state index is -0.246. The number of hydrogen-bond acceptors (Lipinski definition) is 1. The molecular formula is C12H16Cl2N2O. The van der Waals surface area contributed by atoms with E-state index in [-0.39, 0.29) is 12.1 Å². The molecule has 0 radical (unpaired) electrons. The van der Waals surface area contributed by atoms with Crippen LogP contribution in [0.15, 0.2) is 18.2 Å². The largest absolute Gasteiger partial charge is 0.335 e. The first-order valence-electron chi connectivity index (χ1n) is 5.42. The molecule has 1 atom stereocenters. The first-order chi connectivity index (χ1) is 7.90. The second-order valence-electron chi connectivity index (χ2n) is 4.26. The zero-order valence-electron chi connectivity index (χ0n) is 10.1. The summed E-state index contributed by atoms with van der Waals surface area (Å²) in [6.07, 6.45) is 0. The van der Waals surface area contributed by atoms with Crippen LogP contribution in [-0.2, 0) is 0 Å². The van der Waals surface area contributed by atoms with Gasteiger partial charge in [0.2, 0.25) is 0 Å². The van der Waals surface area contributed by atoms with Crippen molar-refractivity contribution in [3.8, 4) is 0 Å². The van der Waals surface area contributed by atoms with Gasteiger partial charge in [0.05, 0.1) is 10.0 Å². The van der Waals surface area contributed by atoms with E-state index in [2.05, 4.69) is 10.6 Å². The maximum Gasteiger partial charge on any atom is 0.319 e. The van der Waals surface area contributed by atoms with Gasteiger partial charge >= 0.3 is 6.03 Å². The monoisotopic (exact) mass is 274 g/mol. The number of benzene rings is 1. The quantitative estimate of drug-likeness (QED) is 0.854. The summed E-state index contributed by atoms with van der Waals surface area (Å²) >= 11 is 11.6. The molecule has 0 aliphatic carbocycles. The van der Waals surface area contributed by atoms with Crippen LogP contribution in [0.5, 0.6) is 0 Å². The van der Waals surface area contributed by atoms with Crippen molar-refractivity contribution >= 4 is 34.9 Å². The van der Waals surface area contributed by atoms with Crippen LogP contribution in [0.3, 0.4) is 0 Å². The van der Waals surface area contributed by atoms with Crippen molar-refractivity contribution in [3.05, 3.63) is 28.2 Å². The third-order valence-electron chi connectivity index (χ3n) is 2.54. The van der Waals surface area contributed by atoms with Crippen LogP contribution in [0, 0.1) is 5.92 Å². The number of amides is 2.